The van der Waals surface area contributed by atoms with Crippen molar-refractivity contribution in [1.29, 1.82) is 0 Å². The van der Waals surface area contributed by atoms with Crippen LogP contribution in [-0.4, -0.2) is 57.1 Å². The lowest BCUT2D eigenvalue weighted by Gasteiger charge is -2.34. The van der Waals surface area contributed by atoms with E-state index < -0.39 is 5.82 Å². The fourth-order valence-electron chi connectivity index (χ4n) is 4.04. The van der Waals surface area contributed by atoms with E-state index in [2.05, 4.69) is 31.0 Å². The largest absolute Gasteiger partial charge is 0.364 e. The lowest BCUT2D eigenvalue weighted by molar-refractivity contribution is 0.0742. The van der Waals surface area contributed by atoms with E-state index in [9.17, 15) is 9.18 Å². The summed E-state index contributed by atoms with van der Waals surface area (Å²) in [4.78, 5) is 22.3. The van der Waals surface area contributed by atoms with Gasteiger partial charge in [0.15, 0.2) is 5.82 Å². The van der Waals surface area contributed by atoms with E-state index in [0.717, 1.165) is 27.2 Å². The van der Waals surface area contributed by atoms with Gasteiger partial charge in [0.05, 0.1) is 5.56 Å². The number of carbonyl (C=O) groups excluding carboxylic acids is 1. The van der Waals surface area contributed by atoms with E-state index in [1.54, 1.807) is 17.0 Å². The van der Waals surface area contributed by atoms with Gasteiger partial charge >= 0.3 is 0 Å². The maximum Gasteiger partial charge on any atom is 0.256 e. The Morgan fingerprint density at radius 1 is 1.00 bits per heavy atom. The van der Waals surface area contributed by atoms with Crippen LogP contribution in [0.15, 0.2) is 54.6 Å². The molecule has 1 fully saturated rings. The summed E-state index contributed by atoms with van der Waals surface area (Å²) in [6, 6.07) is 16.2. The second-order valence-electron chi connectivity index (χ2n) is 9.39. The van der Waals surface area contributed by atoms with Gasteiger partial charge in [-0.1, -0.05) is 53.8 Å². The van der Waals surface area contributed by atoms with Crippen molar-refractivity contribution < 1.29 is 9.18 Å². The number of rotatable bonds is 4. The summed E-state index contributed by atoms with van der Waals surface area (Å²) in [5.41, 5.74) is 1.87. The second-order valence-corrected chi connectivity index (χ2v) is 10.3. The Hall–Kier alpha value is -3.46. The molecule has 0 bridgehead atoms. The van der Waals surface area contributed by atoms with Crippen LogP contribution in [-0.2, 0) is 0 Å². The molecule has 176 valence electrons. The molecule has 0 radical (unpaired) electrons. The maximum absolute atomic E-state index is 14.0. The van der Waals surface area contributed by atoms with E-state index in [0.29, 0.717) is 26.2 Å². The van der Waals surface area contributed by atoms with Crippen LogP contribution in [0.5, 0.6) is 0 Å². The molecule has 7 nitrogen and oxygen atoms in total. The minimum Gasteiger partial charge on any atom is -0.364 e. The van der Waals surface area contributed by atoms with Crippen molar-refractivity contribution in [3.63, 3.8) is 0 Å². The smallest absolute Gasteiger partial charge is 0.256 e. The number of amides is 1. The van der Waals surface area contributed by atoms with E-state index in [-0.39, 0.29) is 17.0 Å². The van der Waals surface area contributed by atoms with Crippen molar-refractivity contribution in [1.82, 2.24) is 19.5 Å². The highest BCUT2D eigenvalue weighted by atomic mass is 32.1. The number of halogens is 1. The average Bonchev–Trinajstić information content (AvgIpc) is 3.38. The fourth-order valence-corrected chi connectivity index (χ4v) is 4.99. The molecule has 4 aromatic rings. The average molecular weight is 479 g/mol. The SMILES string of the molecule is CC(C)(C)Nc1c(-c2ccccc2)nc2sc(N3CCN(C(=O)c4ccccc4F)CC3)nn12. The van der Waals surface area contributed by atoms with Gasteiger partial charge in [0.25, 0.3) is 5.91 Å². The third-order valence-electron chi connectivity index (χ3n) is 5.68. The van der Waals surface area contributed by atoms with Crippen LogP contribution >= 0.6 is 11.3 Å². The Labute approximate surface area is 201 Å². The van der Waals surface area contributed by atoms with Gasteiger partial charge in [-0.25, -0.2) is 9.37 Å². The molecule has 1 N–H and O–H groups in total. The topological polar surface area (TPSA) is 65.8 Å². The Kier molecular flexibility index (Phi) is 5.73. The molecular weight excluding hydrogens is 451 g/mol. The molecule has 0 saturated carbocycles. The van der Waals surface area contributed by atoms with Gasteiger partial charge < -0.3 is 15.1 Å². The summed E-state index contributed by atoms with van der Waals surface area (Å²) in [5.74, 6) is 0.115. The number of carbonyl (C=O) groups is 1. The van der Waals surface area contributed by atoms with Gasteiger partial charge in [0.2, 0.25) is 10.1 Å². The molecule has 5 rings (SSSR count). The number of hydrogen-bond acceptors (Lipinski definition) is 6. The lowest BCUT2D eigenvalue weighted by atomic mass is 10.1. The van der Waals surface area contributed by atoms with Gasteiger partial charge in [0, 0.05) is 37.3 Å². The number of nitrogens with zero attached hydrogens (tertiary/aromatic N) is 5. The van der Waals surface area contributed by atoms with E-state index >= 15 is 0 Å². The van der Waals surface area contributed by atoms with Crippen molar-refractivity contribution >= 4 is 33.2 Å². The molecule has 1 aliphatic rings. The van der Waals surface area contributed by atoms with Crippen LogP contribution in [0, 0.1) is 5.82 Å². The second kappa shape index (κ2) is 8.72. The summed E-state index contributed by atoms with van der Waals surface area (Å²) in [6.45, 7) is 8.62. The number of hydrogen-bond donors (Lipinski definition) is 1. The Balaban J connectivity index is 1.38. The number of aromatic nitrogens is 3. The Bertz CT molecular complexity index is 1320. The fraction of sp³-hybridized carbons (Fsp3) is 0.320. The first-order valence-corrected chi connectivity index (χ1v) is 12.1. The number of imidazole rings is 1. The van der Waals surface area contributed by atoms with Crippen LogP contribution < -0.4 is 10.2 Å². The number of piperazine rings is 1. The first-order chi connectivity index (χ1) is 16.3. The highest BCUT2D eigenvalue weighted by Crippen LogP contribution is 2.35. The third-order valence-corrected chi connectivity index (χ3v) is 6.64. The predicted octanol–water partition coefficient (Wildman–Crippen LogP) is 4.77. The van der Waals surface area contributed by atoms with Gasteiger partial charge in [0.1, 0.15) is 11.5 Å². The lowest BCUT2D eigenvalue weighted by Crippen LogP contribution is -2.49. The van der Waals surface area contributed by atoms with Crippen molar-refractivity contribution in [3.05, 3.63) is 66.0 Å². The van der Waals surface area contributed by atoms with E-state index in [1.807, 2.05) is 34.8 Å². The molecular formula is C25H27FN6OS. The van der Waals surface area contributed by atoms with Crippen LogP contribution in [0.4, 0.5) is 15.3 Å². The molecule has 2 aromatic carbocycles. The number of nitrogens with one attached hydrogen (secondary N) is 1. The highest BCUT2D eigenvalue weighted by molar-refractivity contribution is 7.20. The van der Waals surface area contributed by atoms with Crippen molar-refractivity contribution in [3.8, 4) is 11.3 Å². The van der Waals surface area contributed by atoms with Crippen LogP contribution in [0.25, 0.3) is 16.2 Å². The minimum atomic E-state index is -0.482. The molecule has 34 heavy (non-hydrogen) atoms. The van der Waals surface area contributed by atoms with E-state index in [1.165, 1.54) is 23.5 Å². The quantitative estimate of drug-likeness (QED) is 0.458. The van der Waals surface area contributed by atoms with Crippen LogP contribution in [0.1, 0.15) is 31.1 Å². The molecule has 1 saturated heterocycles. The van der Waals surface area contributed by atoms with Crippen molar-refractivity contribution in [2.45, 2.75) is 26.3 Å². The predicted molar refractivity (Wildman–Crippen MR) is 134 cm³/mol. The number of anilines is 2. The van der Waals surface area contributed by atoms with Gasteiger partial charge in [-0.2, -0.15) is 4.52 Å². The van der Waals surface area contributed by atoms with Crippen molar-refractivity contribution in [2.24, 2.45) is 0 Å². The van der Waals surface area contributed by atoms with Gasteiger partial charge in [-0.05, 0) is 32.9 Å². The summed E-state index contributed by atoms with van der Waals surface area (Å²) < 4.78 is 15.9. The zero-order valence-electron chi connectivity index (χ0n) is 19.5. The molecule has 3 heterocycles. The molecule has 1 amide bonds. The summed E-state index contributed by atoms with van der Waals surface area (Å²) in [6.07, 6.45) is 0. The standard InChI is InChI=1S/C25H27FN6OS/c1-25(2,3)28-21-20(17-9-5-4-6-10-17)27-23-32(21)29-24(34-23)31-15-13-30(14-16-31)22(33)18-11-7-8-12-19(18)26/h4-12,28H,13-16H2,1-3H3. The Morgan fingerprint density at radius 3 is 2.35 bits per heavy atom. The first-order valence-electron chi connectivity index (χ1n) is 11.3. The van der Waals surface area contributed by atoms with Crippen LogP contribution in [0.3, 0.4) is 0 Å². The zero-order chi connectivity index (χ0) is 23.9. The molecule has 1 aliphatic heterocycles. The monoisotopic (exact) mass is 478 g/mol. The summed E-state index contributed by atoms with van der Waals surface area (Å²) >= 11 is 1.53. The van der Waals surface area contributed by atoms with Gasteiger partial charge in [-0.15, -0.1) is 5.10 Å². The highest BCUT2D eigenvalue weighted by Gasteiger charge is 2.27. The summed E-state index contributed by atoms with van der Waals surface area (Å²) in [7, 11) is 0. The zero-order valence-corrected chi connectivity index (χ0v) is 20.3. The number of benzene rings is 2. The first kappa shape index (κ1) is 22.3. The summed E-state index contributed by atoms with van der Waals surface area (Å²) in [5, 5.41) is 9.31. The number of fused-ring (bicyclic) bond motifs is 1. The Morgan fingerprint density at radius 2 is 1.68 bits per heavy atom. The molecule has 9 heteroatoms. The van der Waals surface area contributed by atoms with Crippen molar-refractivity contribution in [2.75, 3.05) is 36.4 Å². The maximum atomic E-state index is 14.0. The normalized spacial score (nSPS) is 14.6. The molecule has 0 aliphatic carbocycles. The third kappa shape index (κ3) is 4.35. The van der Waals surface area contributed by atoms with E-state index in [4.69, 9.17) is 10.1 Å². The molecule has 0 spiro atoms. The minimum absolute atomic E-state index is 0.120. The van der Waals surface area contributed by atoms with Crippen LogP contribution in [0.2, 0.25) is 0 Å². The van der Waals surface area contributed by atoms with Gasteiger partial charge in [-0.3, -0.25) is 4.79 Å². The molecule has 0 unspecified atom stereocenters. The molecule has 0 atom stereocenters. The molecule has 2 aromatic heterocycles.